The number of aryl methyl sites for hydroxylation is 1. The van der Waals surface area contributed by atoms with Crippen LogP contribution in [0.3, 0.4) is 0 Å². The van der Waals surface area contributed by atoms with Crippen LogP contribution in [0.2, 0.25) is 0 Å². The molecule has 2 rings (SSSR count). The lowest BCUT2D eigenvalue weighted by molar-refractivity contribution is -0.121. The Bertz CT molecular complexity index is 742. The summed E-state index contributed by atoms with van der Waals surface area (Å²) in [6.45, 7) is 3.96. The Hall–Kier alpha value is -2.69. The van der Waals surface area contributed by atoms with Crippen molar-refractivity contribution in [3.8, 4) is 17.2 Å². The van der Waals surface area contributed by atoms with Crippen molar-refractivity contribution < 1.29 is 19.0 Å². The first-order valence-corrected chi connectivity index (χ1v) is 8.13. The van der Waals surface area contributed by atoms with Gasteiger partial charge >= 0.3 is 0 Å². The van der Waals surface area contributed by atoms with E-state index in [4.69, 9.17) is 14.2 Å². The van der Waals surface area contributed by atoms with Crippen LogP contribution in [0, 0.1) is 6.92 Å². The topological polar surface area (TPSA) is 56.8 Å². The molecule has 0 saturated carbocycles. The lowest BCUT2D eigenvalue weighted by Gasteiger charge is -2.18. The van der Waals surface area contributed by atoms with Crippen molar-refractivity contribution >= 4 is 5.91 Å². The van der Waals surface area contributed by atoms with Crippen LogP contribution >= 0.6 is 0 Å². The minimum Gasteiger partial charge on any atom is -0.497 e. The third-order valence-electron chi connectivity index (χ3n) is 4.07. The van der Waals surface area contributed by atoms with Crippen LogP contribution in [-0.4, -0.2) is 27.2 Å². The van der Waals surface area contributed by atoms with Crippen molar-refractivity contribution in [2.24, 2.45) is 0 Å². The molecule has 1 N–H and O–H groups in total. The summed E-state index contributed by atoms with van der Waals surface area (Å²) >= 11 is 0. The smallest absolute Gasteiger partial charge is 0.225 e. The molecule has 1 atom stereocenters. The predicted octanol–water partition coefficient (Wildman–Crippen LogP) is 3.44. The Morgan fingerprint density at radius 3 is 2.36 bits per heavy atom. The normalized spacial score (nSPS) is 11.6. The molecule has 0 fully saturated rings. The summed E-state index contributed by atoms with van der Waals surface area (Å²) in [7, 11) is 4.80. The highest BCUT2D eigenvalue weighted by atomic mass is 16.5. The van der Waals surface area contributed by atoms with Crippen molar-refractivity contribution in [1.29, 1.82) is 0 Å². The van der Waals surface area contributed by atoms with Gasteiger partial charge in [-0.25, -0.2) is 0 Å². The monoisotopic (exact) mass is 343 g/mol. The fraction of sp³-hybridized carbons (Fsp3) is 0.350. The second kappa shape index (κ2) is 8.42. The maximum Gasteiger partial charge on any atom is 0.225 e. The quantitative estimate of drug-likeness (QED) is 0.837. The van der Waals surface area contributed by atoms with Gasteiger partial charge < -0.3 is 19.5 Å². The van der Waals surface area contributed by atoms with E-state index in [0.29, 0.717) is 11.5 Å². The van der Waals surface area contributed by atoms with Crippen LogP contribution in [0.25, 0.3) is 0 Å². The zero-order valence-corrected chi connectivity index (χ0v) is 15.4. The Morgan fingerprint density at radius 2 is 1.72 bits per heavy atom. The number of amides is 1. The maximum atomic E-state index is 12.5. The van der Waals surface area contributed by atoms with Crippen molar-refractivity contribution in [3.63, 3.8) is 0 Å². The van der Waals surface area contributed by atoms with E-state index in [0.717, 1.165) is 22.4 Å². The average Bonchev–Trinajstić information content (AvgIpc) is 2.61. The second-order valence-electron chi connectivity index (χ2n) is 5.89. The molecular formula is C20H25NO4. The summed E-state index contributed by atoms with van der Waals surface area (Å²) in [4.78, 5) is 12.5. The number of methoxy groups -OCH3 is 3. The van der Waals surface area contributed by atoms with Gasteiger partial charge in [-0.3, -0.25) is 4.79 Å². The van der Waals surface area contributed by atoms with E-state index < -0.39 is 0 Å². The van der Waals surface area contributed by atoms with Crippen LogP contribution in [0.1, 0.15) is 29.7 Å². The molecule has 0 unspecified atom stereocenters. The number of hydrogen-bond acceptors (Lipinski definition) is 4. The van der Waals surface area contributed by atoms with E-state index in [-0.39, 0.29) is 18.4 Å². The van der Waals surface area contributed by atoms with Crippen LogP contribution in [0.4, 0.5) is 0 Å². The Morgan fingerprint density at radius 1 is 1.00 bits per heavy atom. The number of nitrogens with one attached hydrogen (secondary N) is 1. The first-order valence-electron chi connectivity index (χ1n) is 8.13. The van der Waals surface area contributed by atoms with Gasteiger partial charge in [0.2, 0.25) is 5.91 Å². The van der Waals surface area contributed by atoms with Crippen LogP contribution in [0.5, 0.6) is 17.2 Å². The van der Waals surface area contributed by atoms with E-state index in [2.05, 4.69) is 5.32 Å². The third-order valence-corrected chi connectivity index (χ3v) is 4.07. The molecule has 0 aliphatic heterocycles. The van der Waals surface area contributed by atoms with Crippen LogP contribution < -0.4 is 19.5 Å². The Labute approximate surface area is 148 Å². The molecule has 0 aromatic heterocycles. The van der Waals surface area contributed by atoms with Crippen LogP contribution in [-0.2, 0) is 11.2 Å². The molecule has 1 amide bonds. The molecule has 0 saturated heterocycles. The van der Waals surface area contributed by atoms with Gasteiger partial charge in [-0.05, 0) is 26.0 Å². The van der Waals surface area contributed by atoms with Gasteiger partial charge in [-0.15, -0.1) is 0 Å². The molecule has 5 heteroatoms. The standard InChI is InChI=1S/C20H25NO4/c1-13-6-9-18(24-4)17(10-13)14(2)21-20(22)11-15-7-8-16(23-3)12-19(15)25-5/h6-10,12,14H,11H2,1-5H3,(H,21,22)/t14-/m0/s1. The Kier molecular flexibility index (Phi) is 6.28. The fourth-order valence-electron chi connectivity index (χ4n) is 2.73. The van der Waals surface area contributed by atoms with E-state index >= 15 is 0 Å². The van der Waals surface area contributed by atoms with Gasteiger partial charge in [0.05, 0.1) is 33.8 Å². The minimum absolute atomic E-state index is 0.0838. The molecule has 25 heavy (non-hydrogen) atoms. The molecule has 5 nitrogen and oxygen atoms in total. The lowest BCUT2D eigenvalue weighted by atomic mass is 10.0. The Balaban J connectivity index is 2.11. The average molecular weight is 343 g/mol. The molecule has 0 aliphatic rings. The highest BCUT2D eigenvalue weighted by Crippen LogP contribution is 2.27. The summed E-state index contributed by atoms with van der Waals surface area (Å²) in [6.07, 6.45) is 0.228. The number of benzene rings is 2. The molecule has 0 aliphatic carbocycles. The zero-order valence-electron chi connectivity index (χ0n) is 15.4. The largest absolute Gasteiger partial charge is 0.497 e. The van der Waals surface area contributed by atoms with Gasteiger partial charge in [-0.2, -0.15) is 0 Å². The third kappa shape index (κ3) is 4.66. The number of carbonyl (C=O) groups excluding carboxylic acids is 1. The van der Waals surface area contributed by atoms with E-state index in [9.17, 15) is 4.79 Å². The summed E-state index contributed by atoms with van der Waals surface area (Å²) < 4.78 is 15.9. The second-order valence-corrected chi connectivity index (χ2v) is 5.89. The highest BCUT2D eigenvalue weighted by Gasteiger charge is 2.16. The maximum absolute atomic E-state index is 12.5. The van der Waals surface area contributed by atoms with Crippen molar-refractivity contribution in [3.05, 3.63) is 53.1 Å². The SMILES string of the molecule is COc1ccc(CC(=O)N[C@@H](C)c2cc(C)ccc2OC)c(OC)c1. The van der Waals surface area contributed by atoms with Crippen molar-refractivity contribution in [2.45, 2.75) is 26.3 Å². The summed E-state index contributed by atoms with van der Waals surface area (Å²) in [5, 5.41) is 3.02. The summed E-state index contributed by atoms with van der Waals surface area (Å²) in [5.74, 6) is 2.01. The lowest BCUT2D eigenvalue weighted by Crippen LogP contribution is -2.28. The van der Waals surface area contributed by atoms with Gasteiger partial charge in [0.15, 0.2) is 0 Å². The first kappa shape index (κ1) is 18.6. The van der Waals surface area contributed by atoms with Gasteiger partial charge in [0.1, 0.15) is 17.2 Å². The number of ether oxygens (including phenoxy) is 3. The minimum atomic E-state index is -0.161. The summed E-state index contributed by atoms with van der Waals surface area (Å²) in [5.41, 5.74) is 2.88. The van der Waals surface area contributed by atoms with Crippen molar-refractivity contribution in [1.82, 2.24) is 5.32 Å². The summed E-state index contributed by atoms with van der Waals surface area (Å²) in [6, 6.07) is 11.2. The number of hydrogen-bond donors (Lipinski definition) is 1. The number of carbonyl (C=O) groups is 1. The molecule has 0 heterocycles. The van der Waals surface area contributed by atoms with Gasteiger partial charge in [-0.1, -0.05) is 23.8 Å². The zero-order chi connectivity index (χ0) is 18.4. The van der Waals surface area contributed by atoms with Gasteiger partial charge in [0.25, 0.3) is 0 Å². The molecular weight excluding hydrogens is 318 g/mol. The van der Waals surface area contributed by atoms with E-state index in [1.54, 1.807) is 27.4 Å². The number of rotatable bonds is 7. The molecule has 0 bridgehead atoms. The fourth-order valence-corrected chi connectivity index (χ4v) is 2.73. The van der Waals surface area contributed by atoms with Crippen molar-refractivity contribution in [2.75, 3.05) is 21.3 Å². The van der Waals surface area contributed by atoms with Gasteiger partial charge in [0, 0.05) is 17.2 Å². The molecule has 2 aromatic carbocycles. The highest BCUT2D eigenvalue weighted by molar-refractivity contribution is 5.80. The van der Waals surface area contributed by atoms with Crippen LogP contribution in [0.15, 0.2) is 36.4 Å². The predicted molar refractivity (Wildman–Crippen MR) is 97.5 cm³/mol. The molecule has 0 spiro atoms. The van der Waals surface area contributed by atoms with E-state index in [1.165, 1.54) is 0 Å². The molecule has 0 radical (unpaired) electrons. The molecule has 2 aromatic rings. The molecule has 134 valence electrons. The first-order chi connectivity index (χ1) is 12.0. The van der Waals surface area contributed by atoms with E-state index in [1.807, 2.05) is 44.2 Å².